The molecule has 0 heterocycles. The van der Waals surface area contributed by atoms with Crippen LogP contribution in [0.5, 0.6) is 11.5 Å². The van der Waals surface area contributed by atoms with E-state index in [1.807, 2.05) is 0 Å². The second-order valence-corrected chi connectivity index (χ2v) is 11.3. The van der Waals surface area contributed by atoms with Gasteiger partial charge in [-0.15, -0.1) is 23.5 Å². The number of rotatable bonds is 6. The highest BCUT2D eigenvalue weighted by Gasteiger charge is 2.49. The standard InChI is InChI=1S/C18H12F6O6S4/c1-31-15-7-11-3-10-6-14(30-34(27,28)18(22,23)24)16(32-2)8-12(10)4-9(11)5-13(15)29-33(25,26)17(19,20)21/h3-8H,1-2H3. The molecule has 6 nitrogen and oxygen atoms in total. The second kappa shape index (κ2) is 8.87. The number of benzene rings is 3. The fourth-order valence-corrected chi connectivity index (χ4v) is 4.93. The van der Waals surface area contributed by atoms with Crippen LogP contribution < -0.4 is 8.37 Å². The van der Waals surface area contributed by atoms with Crippen molar-refractivity contribution >= 4 is 65.3 Å². The van der Waals surface area contributed by atoms with Gasteiger partial charge in [-0.25, -0.2) is 0 Å². The molecule has 0 fully saturated rings. The Kier molecular flexibility index (Phi) is 6.93. The monoisotopic (exact) mass is 566 g/mol. The number of halogens is 6. The fraction of sp³-hybridized carbons (Fsp3) is 0.222. The first kappa shape index (κ1) is 26.6. The van der Waals surface area contributed by atoms with Crippen molar-refractivity contribution in [3.05, 3.63) is 36.4 Å². The van der Waals surface area contributed by atoms with E-state index < -0.39 is 42.8 Å². The highest BCUT2D eigenvalue weighted by atomic mass is 32.2. The average molecular weight is 567 g/mol. The van der Waals surface area contributed by atoms with Crippen molar-refractivity contribution in [2.45, 2.75) is 20.8 Å². The summed E-state index contributed by atoms with van der Waals surface area (Å²) in [6.07, 6.45) is 2.93. The third-order valence-electron chi connectivity index (χ3n) is 4.33. The van der Waals surface area contributed by atoms with E-state index in [0.717, 1.165) is 35.7 Å². The number of alkyl halides is 6. The average Bonchev–Trinajstić information content (AvgIpc) is 2.69. The summed E-state index contributed by atoms with van der Waals surface area (Å²) in [5.41, 5.74) is -11.3. The molecule has 0 aliphatic carbocycles. The lowest BCUT2D eigenvalue weighted by Gasteiger charge is -2.15. The molecule has 186 valence electrons. The Labute approximate surface area is 197 Å². The molecule has 0 saturated carbocycles. The molecule has 3 rings (SSSR count). The lowest BCUT2D eigenvalue weighted by Crippen LogP contribution is -2.28. The van der Waals surface area contributed by atoms with Gasteiger partial charge in [-0.3, -0.25) is 0 Å². The molecule has 0 spiro atoms. The van der Waals surface area contributed by atoms with Gasteiger partial charge in [-0.2, -0.15) is 43.2 Å². The highest BCUT2D eigenvalue weighted by Crippen LogP contribution is 2.40. The van der Waals surface area contributed by atoms with E-state index >= 15 is 0 Å². The minimum absolute atomic E-state index is 0.0385. The van der Waals surface area contributed by atoms with Crippen LogP contribution in [0.2, 0.25) is 0 Å². The topological polar surface area (TPSA) is 86.7 Å². The first-order chi connectivity index (χ1) is 15.5. The molecule has 0 amide bonds. The molecule has 0 aliphatic heterocycles. The fourth-order valence-electron chi connectivity index (χ4n) is 2.80. The molecule has 0 aliphatic rings. The minimum Gasteiger partial charge on any atom is -0.375 e. The molecular formula is C18H12F6O6S4. The predicted octanol–water partition coefficient (Wildman–Crippen LogP) is 5.89. The summed E-state index contributed by atoms with van der Waals surface area (Å²) < 4.78 is 131. The van der Waals surface area contributed by atoms with Crippen LogP contribution in [-0.2, 0) is 20.2 Å². The highest BCUT2D eigenvalue weighted by molar-refractivity contribution is 7.99. The van der Waals surface area contributed by atoms with E-state index in [-0.39, 0.29) is 20.6 Å². The van der Waals surface area contributed by atoms with Crippen LogP contribution in [0.3, 0.4) is 0 Å². The SMILES string of the molecule is CSc1cc2cc3cc(OS(=O)(=O)C(F)(F)F)c(SC)cc3cc2cc1OS(=O)(=O)C(F)(F)F. The lowest BCUT2D eigenvalue weighted by atomic mass is 10.0. The Bertz CT molecular complexity index is 1370. The summed E-state index contributed by atoms with van der Waals surface area (Å²) in [5, 5.41) is 1.27. The Balaban J connectivity index is 2.18. The molecule has 0 aromatic heterocycles. The van der Waals surface area contributed by atoms with Gasteiger partial charge < -0.3 is 8.37 Å². The predicted molar refractivity (Wildman–Crippen MR) is 116 cm³/mol. The van der Waals surface area contributed by atoms with E-state index in [9.17, 15) is 43.2 Å². The van der Waals surface area contributed by atoms with Crippen LogP contribution >= 0.6 is 23.5 Å². The summed E-state index contributed by atoms with van der Waals surface area (Å²) in [5.74, 6) is -1.11. The Morgan fingerprint density at radius 3 is 1.15 bits per heavy atom. The number of hydrogen-bond acceptors (Lipinski definition) is 8. The van der Waals surface area contributed by atoms with Crippen LogP contribution in [0.15, 0.2) is 46.2 Å². The normalized spacial score (nSPS) is 13.4. The molecule has 0 saturated heterocycles. The molecule has 0 atom stereocenters. The molecule has 0 bridgehead atoms. The first-order valence-corrected chi connectivity index (χ1v) is 13.9. The van der Waals surface area contributed by atoms with E-state index in [1.165, 1.54) is 36.8 Å². The number of hydrogen-bond donors (Lipinski definition) is 0. The zero-order valence-corrected chi connectivity index (χ0v) is 20.1. The maximum atomic E-state index is 12.7. The van der Waals surface area contributed by atoms with Crippen LogP contribution in [-0.4, -0.2) is 40.4 Å². The zero-order chi connectivity index (χ0) is 25.7. The quantitative estimate of drug-likeness (QED) is 0.120. The maximum Gasteiger partial charge on any atom is 0.534 e. The second-order valence-electron chi connectivity index (χ2n) is 6.52. The first-order valence-electron chi connectivity index (χ1n) is 8.64. The minimum atomic E-state index is -5.92. The summed E-state index contributed by atoms with van der Waals surface area (Å²) >= 11 is 1.80. The van der Waals surface area contributed by atoms with Crippen LogP contribution in [0.25, 0.3) is 21.5 Å². The van der Waals surface area contributed by atoms with Crippen LogP contribution in [0.1, 0.15) is 0 Å². The summed E-state index contributed by atoms with van der Waals surface area (Å²) in [6.45, 7) is 0. The zero-order valence-electron chi connectivity index (χ0n) is 16.8. The van der Waals surface area contributed by atoms with Gasteiger partial charge in [0.25, 0.3) is 0 Å². The van der Waals surface area contributed by atoms with Crippen molar-refractivity contribution < 1.29 is 51.5 Å². The van der Waals surface area contributed by atoms with E-state index in [0.29, 0.717) is 10.8 Å². The van der Waals surface area contributed by atoms with E-state index in [2.05, 4.69) is 8.37 Å². The molecule has 3 aromatic rings. The molecule has 16 heteroatoms. The number of thioether (sulfide) groups is 2. The van der Waals surface area contributed by atoms with Gasteiger partial charge in [0.05, 0.1) is 9.79 Å². The van der Waals surface area contributed by atoms with Crippen molar-refractivity contribution in [1.29, 1.82) is 0 Å². The molecular weight excluding hydrogens is 554 g/mol. The van der Waals surface area contributed by atoms with Gasteiger partial charge in [0.1, 0.15) is 0 Å². The molecule has 3 aromatic carbocycles. The molecule has 0 unspecified atom stereocenters. The smallest absolute Gasteiger partial charge is 0.375 e. The van der Waals surface area contributed by atoms with Crippen molar-refractivity contribution in [3.63, 3.8) is 0 Å². The van der Waals surface area contributed by atoms with Gasteiger partial charge in [-0.05, 0) is 70.5 Å². The Morgan fingerprint density at radius 1 is 0.588 bits per heavy atom. The molecule has 0 radical (unpaired) electrons. The van der Waals surface area contributed by atoms with Gasteiger partial charge in [0, 0.05) is 0 Å². The summed E-state index contributed by atoms with van der Waals surface area (Å²) in [6, 6.07) is 7.70. The largest absolute Gasteiger partial charge is 0.534 e. The lowest BCUT2D eigenvalue weighted by molar-refractivity contribution is -0.0505. The Hall–Kier alpha value is -2.04. The van der Waals surface area contributed by atoms with Crippen molar-refractivity contribution in [2.24, 2.45) is 0 Å². The van der Waals surface area contributed by atoms with Gasteiger partial charge in [-0.1, -0.05) is 0 Å². The van der Waals surface area contributed by atoms with Crippen molar-refractivity contribution in [2.75, 3.05) is 12.5 Å². The third kappa shape index (κ3) is 5.13. The number of fused-ring (bicyclic) bond motifs is 2. The summed E-state index contributed by atoms with van der Waals surface area (Å²) in [7, 11) is -11.8. The van der Waals surface area contributed by atoms with E-state index in [1.54, 1.807) is 0 Å². The van der Waals surface area contributed by atoms with Crippen molar-refractivity contribution in [3.8, 4) is 11.5 Å². The Morgan fingerprint density at radius 2 is 0.882 bits per heavy atom. The van der Waals surface area contributed by atoms with Gasteiger partial charge >= 0.3 is 31.3 Å². The van der Waals surface area contributed by atoms with Crippen molar-refractivity contribution in [1.82, 2.24) is 0 Å². The van der Waals surface area contributed by atoms with Crippen LogP contribution in [0, 0.1) is 0 Å². The maximum absolute atomic E-state index is 12.7. The van der Waals surface area contributed by atoms with Gasteiger partial charge in [0.15, 0.2) is 11.5 Å². The van der Waals surface area contributed by atoms with Gasteiger partial charge in [0.2, 0.25) is 0 Å². The van der Waals surface area contributed by atoms with E-state index in [4.69, 9.17) is 0 Å². The molecule has 0 N–H and O–H groups in total. The summed E-state index contributed by atoms with van der Waals surface area (Å²) in [4.78, 5) is 0.0769. The molecule has 34 heavy (non-hydrogen) atoms. The third-order valence-corrected chi connectivity index (χ3v) is 7.78. The van der Waals surface area contributed by atoms with Crippen LogP contribution in [0.4, 0.5) is 26.3 Å².